The Morgan fingerprint density at radius 2 is 2.35 bits per heavy atom. The predicted octanol–water partition coefficient (Wildman–Crippen LogP) is 1.48. The van der Waals surface area contributed by atoms with Gasteiger partial charge in [-0.05, 0) is 39.4 Å². The molecule has 1 unspecified atom stereocenters. The molecular weight excluding hydrogens is 212 g/mol. The van der Waals surface area contributed by atoms with E-state index in [-0.39, 0.29) is 0 Å². The van der Waals surface area contributed by atoms with E-state index in [1.165, 1.54) is 31.5 Å². The van der Waals surface area contributed by atoms with Crippen molar-refractivity contribution in [2.75, 3.05) is 20.1 Å². The quantitative estimate of drug-likeness (QED) is 0.840. The molecular formula is C13H24N4. The van der Waals surface area contributed by atoms with E-state index >= 15 is 0 Å². The second-order valence-corrected chi connectivity index (χ2v) is 4.90. The molecule has 0 radical (unpaired) electrons. The third-order valence-corrected chi connectivity index (χ3v) is 3.71. The summed E-state index contributed by atoms with van der Waals surface area (Å²) in [7, 11) is 2.24. The average molecular weight is 236 g/mol. The van der Waals surface area contributed by atoms with Crippen LogP contribution in [0.1, 0.15) is 31.9 Å². The second-order valence-electron chi connectivity index (χ2n) is 4.90. The normalized spacial score (nSPS) is 21.9. The summed E-state index contributed by atoms with van der Waals surface area (Å²) in [5, 5.41) is 7.84. The Bertz CT molecular complexity index is 334. The van der Waals surface area contributed by atoms with E-state index in [1.54, 1.807) is 0 Å². The lowest BCUT2D eigenvalue weighted by Gasteiger charge is -2.32. The molecule has 1 aliphatic rings. The fourth-order valence-electron chi connectivity index (χ4n) is 2.56. The number of hydrogen-bond acceptors (Lipinski definition) is 3. The number of rotatable bonds is 5. The van der Waals surface area contributed by atoms with Crippen LogP contribution in [0, 0.1) is 0 Å². The maximum Gasteiger partial charge on any atom is 0.0521 e. The van der Waals surface area contributed by atoms with E-state index < -0.39 is 0 Å². The number of aromatic nitrogens is 2. The van der Waals surface area contributed by atoms with Crippen molar-refractivity contribution in [1.29, 1.82) is 0 Å². The van der Waals surface area contributed by atoms with E-state index in [0.29, 0.717) is 6.04 Å². The SMILES string of the molecule is CCn1nccc1CNCC1CCCCN1C. The van der Waals surface area contributed by atoms with Crippen LogP contribution in [0.4, 0.5) is 0 Å². The third-order valence-electron chi connectivity index (χ3n) is 3.71. The molecule has 1 saturated heterocycles. The van der Waals surface area contributed by atoms with Crippen molar-refractivity contribution in [3.63, 3.8) is 0 Å². The van der Waals surface area contributed by atoms with Gasteiger partial charge >= 0.3 is 0 Å². The number of likely N-dealkylation sites (tertiary alicyclic amines) is 1. The van der Waals surface area contributed by atoms with Crippen LogP contribution in [0.5, 0.6) is 0 Å². The Morgan fingerprint density at radius 1 is 1.47 bits per heavy atom. The van der Waals surface area contributed by atoms with Crippen LogP contribution in [0.25, 0.3) is 0 Å². The lowest BCUT2D eigenvalue weighted by molar-refractivity contribution is 0.181. The standard InChI is InChI=1S/C13H24N4/c1-3-17-13(7-8-15-17)11-14-10-12-6-4-5-9-16(12)2/h7-8,12,14H,3-6,9-11H2,1-2H3. The Balaban J connectivity index is 1.75. The minimum atomic E-state index is 0.710. The van der Waals surface area contributed by atoms with Crippen LogP contribution in [0.2, 0.25) is 0 Å². The summed E-state index contributed by atoms with van der Waals surface area (Å²) < 4.78 is 2.05. The molecule has 2 rings (SSSR count). The number of aryl methyl sites for hydroxylation is 1. The van der Waals surface area contributed by atoms with Gasteiger partial charge in [-0.1, -0.05) is 6.42 Å². The number of nitrogens with one attached hydrogen (secondary N) is 1. The van der Waals surface area contributed by atoms with Gasteiger partial charge in [-0.2, -0.15) is 5.10 Å². The van der Waals surface area contributed by atoms with E-state index in [2.05, 4.69) is 40.0 Å². The molecule has 17 heavy (non-hydrogen) atoms. The lowest BCUT2D eigenvalue weighted by atomic mass is 10.0. The van der Waals surface area contributed by atoms with Crippen molar-refractivity contribution in [3.8, 4) is 0 Å². The van der Waals surface area contributed by atoms with Gasteiger partial charge in [0.25, 0.3) is 0 Å². The third kappa shape index (κ3) is 3.30. The van der Waals surface area contributed by atoms with Crippen LogP contribution >= 0.6 is 0 Å². The van der Waals surface area contributed by atoms with Crippen LogP contribution in [0.3, 0.4) is 0 Å². The molecule has 1 atom stereocenters. The number of piperidine rings is 1. The van der Waals surface area contributed by atoms with Gasteiger partial charge in [-0.25, -0.2) is 0 Å². The molecule has 0 amide bonds. The van der Waals surface area contributed by atoms with Gasteiger partial charge in [0.15, 0.2) is 0 Å². The van der Waals surface area contributed by atoms with E-state index in [1.807, 2.05) is 6.20 Å². The Hall–Kier alpha value is -0.870. The molecule has 1 aromatic heterocycles. The summed E-state index contributed by atoms with van der Waals surface area (Å²) in [5.74, 6) is 0. The summed E-state index contributed by atoms with van der Waals surface area (Å²) in [6, 6.07) is 2.81. The molecule has 0 spiro atoms. The van der Waals surface area contributed by atoms with Crippen LogP contribution in [-0.4, -0.2) is 40.9 Å². The van der Waals surface area contributed by atoms with E-state index in [0.717, 1.165) is 19.6 Å². The fraction of sp³-hybridized carbons (Fsp3) is 0.769. The van der Waals surface area contributed by atoms with Crippen molar-refractivity contribution in [2.24, 2.45) is 0 Å². The average Bonchev–Trinajstić information content (AvgIpc) is 2.79. The summed E-state index contributed by atoms with van der Waals surface area (Å²) >= 11 is 0. The van der Waals surface area contributed by atoms with Crippen LogP contribution in [0.15, 0.2) is 12.3 Å². The first kappa shape index (κ1) is 12.6. The van der Waals surface area contributed by atoms with Gasteiger partial charge in [-0.15, -0.1) is 0 Å². The number of nitrogens with zero attached hydrogens (tertiary/aromatic N) is 3. The first-order chi connectivity index (χ1) is 8.31. The van der Waals surface area contributed by atoms with E-state index in [4.69, 9.17) is 0 Å². The van der Waals surface area contributed by atoms with Crippen molar-refractivity contribution >= 4 is 0 Å². The monoisotopic (exact) mass is 236 g/mol. The molecule has 0 saturated carbocycles. The van der Waals surface area contributed by atoms with Gasteiger partial charge in [0.2, 0.25) is 0 Å². The molecule has 0 aromatic carbocycles. The zero-order valence-corrected chi connectivity index (χ0v) is 11.0. The van der Waals surface area contributed by atoms with Crippen molar-refractivity contribution in [2.45, 2.75) is 45.3 Å². The maximum atomic E-state index is 4.28. The fourth-order valence-corrected chi connectivity index (χ4v) is 2.56. The highest BCUT2D eigenvalue weighted by Crippen LogP contribution is 2.14. The molecule has 0 bridgehead atoms. The van der Waals surface area contributed by atoms with E-state index in [9.17, 15) is 0 Å². The first-order valence-electron chi connectivity index (χ1n) is 6.73. The number of likely N-dealkylation sites (N-methyl/N-ethyl adjacent to an activating group) is 1. The summed E-state index contributed by atoms with van der Waals surface area (Å²) in [4.78, 5) is 2.48. The van der Waals surface area contributed by atoms with Crippen LogP contribution < -0.4 is 5.32 Å². The van der Waals surface area contributed by atoms with Gasteiger partial charge < -0.3 is 10.2 Å². The molecule has 1 aliphatic heterocycles. The Morgan fingerprint density at radius 3 is 3.12 bits per heavy atom. The Labute approximate surface area is 104 Å². The van der Waals surface area contributed by atoms with Crippen molar-refractivity contribution in [3.05, 3.63) is 18.0 Å². The van der Waals surface area contributed by atoms with Crippen molar-refractivity contribution in [1.82, 2.24) is 20.0 Å². The second kappa shape index (κ2) is 6.17. The molecule has 1 N–H and O–H groups in total. The maximum absolute atomic E-state index is 4.28. The molecule has 1 aromatic rings. The molecule has 4 heteroatoms. The summed E-state index contributed by atoms with van der Waals surface area (Å²) in [5.41, 5.74) is 1.28. The van der Waals surface area contributed by atoms with Gasteiger partial charge in [0, 0.05) is 31.9 Å². The first-order valence-corrected chi connectivity index (χ1v) is 6.73. The Kier molecular flexibility index (Phi) is 4.57. The zero-order chi connectivity index (χ0) is 12.1. The predicted molar refractivity (Wildman–Crippen MR) is 69.9 cm³/mol. The van der Waals surface area contributed by atoms with Gasteiger partial charge in [-0.3, -0.25) is 4.68 Å². The van der Waals surface area contributed by atoms with Crippen molar-refractivity contribution < 1.29 is 0 Å². The van der Waals surface area contributed by atoms with Gasteiger partial charge in [0.05, 0.1) is 5.69 Å². The summed E-state index contributed by atoms with van der Waals surface area (Å²) in [6.45, 7) is 6.35. The number of hydrogen-bond donors (Lipinski definition) is 1. The highest BCUT2D eigenvalue weighted by atomic mass is 15.3. The summed E-state index contributed by atoms with van der Waals surface area (Å²) in [6.07, 6.45) is 5.95. The largest absolute Gasteiger partial charge is 0.310 e. The highest BCUT2D eigenvalue weighted by Gasteiger charge is 2.18. The minimum Gasteiger partial charge on any atom is -0.310 e. The smallest absolute Gasteiger partial charge is 0.0521 e. The lowest BCUT2D eigenvalue weighted by Crippen LogP contribution is -2.43. The molecule has 1 fully saturated rings. The molecule has 96 valence electrons. The topological polar surface area (TPSA) is 33.1 Å². The molecule has 2 heterocycles. The van der Waals surface area contributed by atoms with Crippen LogP contribution in [-0.2, 0) is 13.1 Å². The minimum absolute atomic E-state index is 0.710. The molecule has 4 nitrogen and oxygen atoms in total. The van der Waals surface area contributed by atoms with Gasteiger partial charge in [0.1, 0.15) is 0 Å². The zero-order valence-electron chi connectivity index (χ0n) is 11.0. The molecule has 0 aliphatic carbocycles. The highest BCUT2D eigenvalue weighted by molar-refractivity contribution is 5.00.